The SMILES string of the molecule is O=C1NCN(c2ccc(Cl)cc2)C12CCN(CCCN(c1ccc(F)cc1)c1ccc(F)cc1)CC2. The molecule has 36 heavy (non-hydrogen) atoms. The van der Waals surface area contributed by atoms with Gasteiger partial charge in [0.15, 0.2) is 0 Å². The van der Waals surface area contributed by atoms with Gasteiger partial charge in [-0.3, -0.25) is 4.79 Å². The molecule has 5 nitrogen and oxygen atoms in total. The molecule has 1 spiro atoms. The zero-order valence-corrected chi connectivity index (χ0v) is 20.7. The zero-order chi connectivity index (χ0) is 25.1. The van der Waals surface area contributed by atoms with Crippen LogP contribution in [0.4, 0.5) is 25.8 Å². The Hall–Kier alpha value is -3.16. The van der Waals surface area contributed by atoms with E-state index < -0.39 is 5.54 Å². The highest BCUT2D eigenvalue weighted by atomic mass is 35.5. The monoisotopic (exact) mass is 510 g/mol. The summed E-state index contributed by atoms with van der Waals surface area (Å²) in [6, 6.07) is 20.4. The largest absolute Gasteiger partial charge is 0.341 e. The fraction of sp³-hybridized carbons (Fsp3) is 0.321. The second-order valence-electron chi connectivity index (χ2n) is 9.40. The third-order valence-corrected chi connectivity index (χ3v) is 7.54. The second kappa shape index (κ2) is 10.4. The topological polar surface area (TPSA) is 38.8 Å². The lowest BCUT2D eigenvalue weighted by molar-refractivity contribution is -0.125. The van der Waals surface area contributed by atoms with E-state index in [0.29, 0.717) is 18.2 Å². The first kappa shape index (κ1) is 24.5. The van der Waals surface area contributed by atoms with Gasteiger partial charge in [-0.2, -0.15) is 0 Å². The van der Waals surface area contributed by atoms with E-state index in [0.717, 1.165) is 56.0 Å². The summed E-state index contributed by atoms with van der Waals surface area (Å²) in [6.07, 6.45) is 2.37. The van der Waals surface area contributed by atoms with E-state index in [1.54, 1.807) is 24.3 Å². The molecule has 8 heteroatoms. The molecule has 1 N–H and O–H groups in total. The minimum absolute atomic E-state index is 0.0934. The molecule has 188 valence electrons. The molecule has 0 atom stereocenters. The van der Waals surface area contributed by atoms with Crippen molar-refractivity contribution < 1.29 is 13.6 Å². The number of benzene rings is 3. The van der Waals surface area contributed by atoms with Crippen molar-refractivity contribution in [3.8, 4) is 0 Å². The highest BCUT2D eigenvalue weighted by molar-refractivity contribution is 6.30. The van der Waals surface area contributed by atoms with E-state index >= 15 is 0 Å². The van der Waals surface area contributed by atoms with E-state index in [9.17, 15) is 13.6 Å². The van der Waals surface area contributed by atoms with Crippen molar-refractivity contribution in [2.24, 2.45) is 0 Å². The van der Waals surface area contributed by atoms with Gasteiger partial charge in [-0.15, -0.1) is 0 Å². The van der Waals surface area contributed by atoms with Crippen LogP contribution in [0.3, 0.4) is 0 Å². The molecule has 5 rings (SSSR count). The van der Waals surface area contributed by atoms with Crippen molar-refractivity contribution in [2.75, 3.05) is 42.6 Å². The standard InChI is InChI=1S/C28H29ClF2N4O/c29-21-2-8-26(9-3-21)35-20-32-27(36)28(35)14-18-33(19-15-28)16-1-17-34(24-10-4-22(30)5-11-24)25-12-6-23(31)7-13-25/h2-13H,1,14-20H2,(H,32,36). The minimum Gasteiger partial charge on any atom is -0.341 e. The predicted molar refractivity (Wildman–Crippen MR) is 140 cm³/mol. The van der Waals surface area contributed by atoms with Crippen LogP contribution in [0.1, 0.15) is 19.3 Å². The Balaban J connectivity index is 1.22. The Morgan fingerprint density at radius 3 is 1.97 bits per heavy atom. The fourth-order valence-corrected chi connectivity index (χ4v) is 5.42. The van der Waals surface area contributed by atoms with Crippen LogP contribution in [0.25, 0.3) is 0 Å². The molecule has 2 aliphatic heterocycles. The lowest BCUT2D eigenvalue weighted by Gasteiger charge is -2.43. The summed E-state index contributed by atoms with van der Waals surface area (Å²) in [6.45, 7) is 3.73. The summed E-state index contributed by atoms with van der Waals surface area (Å²) in [4.78, 5) is 19.6. The van der Waals surface area contributed by atoms with Gasteiger partial charge in [-0.25, -0.2) is 8.78 Å². The lowest BCUT2D eigenvalue weighted by Crippen LogP contribution is -2.56. The maximum Gasteiger partial charge on any atom is 0.247 e. The van der Waals surface area contributed by atoms with Crippen LogP contribution in [-0.4, -0.2) is 49.2 Å². The predicted octanol–water partition coefficient (Wildman–Crippen LogP) is 5.57. The molecule has 1 amide bonds. The quantitative estimate of drug-likeness (QED) is 0.451. The van der Waals surface area contributed by atoms with E-state index in [4.69, 9.17) is 11.6 Å². The van der Waals surface area contributed by atoms with Gasteiger partial charge in [0.2, 0.25) is 5.91 Å². The highest BCUT2D eigenvalue weighted by Gasteiger charge is 2.50. The molecule has 0 bridgehead atoms. The van der Waals surface area contributed by atoms with Gasteiger partial charge in [-0.05, 0) is 98.6 Å². The molecule has 2 fully saturated rings. The van der Waals surface area contributed by atoms with Crippen LogP contribution < -0.4 is 15.1 Å². The van der Waals surface area contributed by atoms with Gasteiger partial charge in [-0.1, -0.05) is 11.6 Å². The van der Waals surface area contributed by atoms with E-state index in [-0.39, 0.29) is 17.5 Å². The van der Waals surface area contributed by atoms with Crippen molar-refractivity contribution in [1.82, 2.24) is 10.2 Å². The number of nitrogens with one attached hydrogen (secondary N) is 1. The van der Waals surface area contributed by atoms with Gasteiger partial charge in [0.25, 0.3) is 0 Å². The lowest BCUT2D eigenvalue weighted by atomic mass is 9.85. The number of amides is 1. The van der Waals surface area contributed by atoms with Crippen LogP contribution in [0.15, 0.2) is 72.8 Å². The Morgan fingerprint density at radius 1 is 0.861 bits per heavy atom. The number of piperidine rings is 1. The first-order chi connectivity index (χ1) is 17.4. The van der Waals surface area contributed by atoms with Gasteiger partial charge < -0.3 is 20.0 Å². The Kier molecular flexibility index (Phi) is 7.12. The molecular weight excluding hydrogens is 482 g/mol. The minimum atomic E-state index is -0.529. The average molecular weight is 511 g/mol. The average Bonchev–Trinajstić information content (AvgIpc) is 3.20. The first-order valence-electron chi connectivity index (χ1n) is 12.3. The van der Waals surface area contributed by atoms with Crippen LogP contribution >= 0.6 is 11.6 Å². The first-order valence-corrected chi connectivity index (χ1v) is 12.6. The maximum atomic E-state index is 13.5. The number of likely N-dealkylation sites (tertiary alicyclic amines) is 1. The second-order valence-corrected chi connectivity index (χ2v) is 9.84. The number of halogens is 3. The van der Waals surface area contributed by atoms with Gasteiger partial charge >= 0.3 is 0 Å². The van der Waals surface area contributed by atoms with E-state index in [1.807, 2.05) is 24.3 Å². The smallest absolute Gasteiger partial charge is 0.247 e. The van der Waals surface area contributed by atoms with Crippen molar-refractivity contribution in [3.63, 3.8) is 0 Å². The summed E-state index contributed by atoms with van der Waals surface area (Å²) >= 11 is 6.06. The van der Waals surface area contributed by atoms with Crippen molar-refractivity contribution in [3.05, 3.63) is 89.5 Å². The Bertz CT molecular complexity index is 1130. The number of hydrogen-bond acceptors (Lipinski definition) is 4. The molecule has 0 saturated carbocycles. The summed E-state index contributed by atoms with van der Waals surface area (Å²) in [5.74, 6) is -0.483. The molecule has 3 aromatic carbocycles. The number of anilines is 3. The molecule has 0 aromatic heterocycles. The van der Waals surface area contributed by atoms with Crippen LogP contribution in [0.5, 0.6) is 0 Å². The summed E-state index contributed by atoms with van der Waals surface area (Å²) < 4.78 is 27.0. The summed E-state index contributed by atoms with van der Waals surface area (Å²) in [5.41, 5.74) is 2.20. The third-order valence-electron chi connectivity index (χ3n) is 7.29. The molecule has 0 radical (unpaired) electrons. The maximum absolute atomic E-state index is 13.5. The molecule has 2 aliphatic rings. The number of carbonyl (C=O) groups is 1. The van der Waals surface area contributed by atoms with E-state index in [2.05, 4.69) is 20.0 Å². The summed E-state index contributed by atoms with van der Waals surface area (Å²) in [5, 5.41) is 3.71. The normalized spacial score (nSPS) is 17.4. The van der Waals surface area contributed by atoms with Crippen LogP contribution in [0, 0.1) is 11.6 Å². The van der Waals surface area contributed by atoms with Crippen LogP contribution in [-0.2, 0) is 4.79 Å². The molecule has 2 saturated heterocycles. The highest BCUT2D eigenvalue weighted by Crippen LogP contribution is 2.36. The third kappa shape index (κ3) is 5.04. The van der Waals surface area contributed by atoms with Crippen LogP contribution in [0.2, 0.25) is 5.02 Å². The zero-order valence-electron chi connectivity index (χ0n) is 20.0. The number of carbonyl (C=O) groups excluding carboxylic acids is 1. The fourth-order valence-electron chi connectivity index (χ4n) is 5.29. The van der Waals surface area contributed by atoms with E-state index in [1.165, 1.54) is 24.3 Å². The Labute approximate surface area is 215 Å². The summed E-state index contributed by atoms with van der Waals surface area (Å²) in [7, 11) is 0. The molecule has 3 aromatic rings. The molecule has 0 unspecified atom stereocenters. The molecule has 2 heterocycles. The molecular formula is C28H29ClF2N4O. The number of hydrogen-bond donors (Lipinski definition) is 1. The number of nitrogens with zero attached hydrogens (tertiary/aromatic N) is 3. The molecule has 0 aliphatic carbocycles. The van der Waals surface area contributed by atoms with Gasteiger partial charge in [0.05, 0.1) is 6.67 Å². The Morgan fingerprint density at radius 2 is 1.42 bits per heavy atom. The van der Waals surface area contributed by atoms with Gasteiger partial charge in [0, 0.05) is 41.7 Å². The number of rotatable bonds is 7. The van der Waals surface area contributed by atoms with Crippen molar-refractivity contribution >= 4 is 34.6 Å². The van der Waals surface area contributed by atoms with Crippen molar-refractivity contribution in [1.29, 1.82) is 0 Å². The van der Waals surface area contributed by atoms with Crippen molar-refractivity contribution in [2.45, 2.75) is 24.8 Å². The van der Waals surface area contributed by atoms with Gasteiger partial charge in [0.1, 0.15) is 17.2 Å².